The van der Waals surface area contributed by atoms with Crippen LogP contribution in [0.25, 0.3) is 0 Å². The molecule has 0 bridgehead atoms. The molecular formula is C10H11ClN4. The van der Waals surface area contributed by atoms with E-state index in [-0.39, 0.29) is 0 Å². The van der Waals surface area contributed by atoms with Crippen molar-refractivity contribution in [1.82, 2.24) is 5.32 Å². The van der Waals surface area contributed by atoms with Crippen LogP contribution in [0.15, 0.2) is 41.5 Å². The van der Waals surface area contributed by atoms with E-state index in [0.29, 0.717) is 16.4 Å². The lowest BCUT2D eigenvalue weighted by atomic mass is 10.1. The van der Waals surface area contributed by atoms with E-state index >= 15 is 0 Å². The summed E-state index contributed by atoms with van der Waals surface area (Å²) in [5, 5.41) is 3.48. The molecule has 1 aromatic carbocycles. The van der Waals surface area contributed by atoms with Crippen molar-refractivity contribution < 1.29 is 0 Å². The summed E-state index contributed by atoms with van der Waals surface area (Å²) < 4.78 is 0. The van der Waals surface area contributed by atoms with Gasteiger partial charge in [-0.1, -0.05) is 29.8 Å². The largest absolute Gasteiger partial charge is 0.384 e. The van der Waals surface area contributed by atoms with Gasteiger partial charge in [-0.05, 0) is 12.1 Å². The average Bonchev–Trinajstić information content (AvgIpc) is 2.17. The highest BCUT2D eigenvalue weighted by Gasteiger charge is 2.29. The smallest absolute Gasteiger partial charge is 0.212 e. The van der Waals surface area contributed by atoms with Crippen molar-refractivity contribution in [3.8, 4) is 0 Å². The van der Waals surface area contributed by atoms with Gasteiger partial charge in [0.2, 0.25) is 5.79 Å². The molecule has 0 fully saturated rings. The van der Waals surface area contributed by atoms with Gasteiger partial charge in [-0.2, -0.15) is 0 Å². The van der Waals surface area contributed by atoms with E-state index in [1.165, 1.54) is 0 Å². The molecule has 1 unspecified atom stereocenters. The number of rotatable bonds is 1. The highest BCUT2D eigenvalue weighted by molar-refractivity contribution is 6.31. The topological polar surface area (TPSA) is 76.4 Å². The van der Waals surface area contributed by atoms with E-state index in [1.807, 2.05) is 18.2 Å². The predicted octanol–water partition coefficient (Wildman–Crippen LogP) is 0.883. The van der Waals surface area contributed by atoms with Gasteiger partial charge in [0.15, 0.2) is 0 Å². The van der Waals surface area contributed by atoms with Gasteiger partial charge in [0, 0.05) is 16.8 Å². The number of halogens is 1. The second-order valence-electron chi connectivity index (χ2n) is 3.26. The molecule has 0 spiro atoms. The summed E-state index contributed by atoms with van der Waals surface area (Å²) in [7, 11) is 0. The van der Waals surface area contributed by atoms with Crippen molar-refractivity contribution in [2.75, 3.05) is 0 Å². The molecule has 0 saturated heterocycles. The molecule has 0 amide bonds. The minimum Gasteiger partial charge on any atom is -0.384 e. The zero-order valence-electron chi connectivity index (χ0n) is 7.94. The minimum absolute atomic E-state index is 0.371. The predicted molar refractivity (Wildman–Crippen MR) is 61.2 cm³/mol. The highest BCUT2D eigenvalue weighted by atomic mass is 35.5. The Labute approximate surface area is 92.6 Å². The van der Waals surface area contributed by atoms with E-state index in [2.05, 4.69) is 10.3 Å². The average molecular weight is 223 g/mol. The maximum absolute atomic E-state index is 6.06. The van der Waals surface area contributed by atoms with Crippen LogP contribution in [0.3, 0.4) is 0 Å². The fourth-order valence-corrected chi connectivity index (χ4v) is 1.72. The fourth-order valence-electron chi connectivity index (χ4n) is 1.44. The van der Waals surface area contributed by atoms with Crippen LogP contribution in [0.2, 0.25) is 5.02 Å². The Morgan fingerprint density at radius 2 is 2.07 bits per heavy atom. The molecule has 1 aromatic rings. The molecule has 1 aliphatic rings. The summed E-state index contributed by atoms with van der Waals surface area (Å²) in [6.45, 7) is 0. The quantitative estimate of drug-likeness (QED) is 0.660. The van der Waals surface area contributed by atoms with Crippen LogP contribution in [0.5, 0.6) is 0 Å². The number of nitrogens with one attached hydrogen (secondary N) is 1. The molecule has 5 N–H and O–H groups in total. The molecule has 5 heteroatoms. The highest BCUT2D eigenvalue weighted by Crippen LogP contribution is 2.26. The van der Waals surface area contributed by atoms with E-state index in [1.54, 1.807) is 18.3 Å². The first-order valence-electron chi connectivity index (χ1n) is 4.45. The molecule has 15 heavy (non-hydrogen) atoms. The summed E-state index contributed by atoms with van der Waals surface area (Å²) in [6.07, 6.45) is 3.30. The van der Waals surface area contributed by atoms with Gasteiger partial charge >= 0.3 is 0 Å². The summed E-state index contributed by atoms with van der Waals surface area (Å²) >= 11 is 6.04. The first kappa shape index (κ1) is 10.0. The van der Waals surface area contributed by atoms with Crippen LogP contribution in [0, 0.1) is 0 Å². The Balaban J connectivity index is 2.47. The van der Waals surface area contributed by atoms with Crippen molar-refractivity contribution in [3.63, 3.8) is 0 Å². The Bertz CT molecular complexity index is 441. The molecule has 1 atom stereocenters. The second kappa shape index (κ2) is 3.56. The molecule has 78 valence electrons. The number of benzene rings is 1. The minimum atomic E-state index is -1.07. The van der Waals surface area contributed by atoms with Crippen LogP contribution >= 0.6 is 11.6 Å². The van der Waals surface area contributed by atoms with Crippen LogP contribution in [0.4, 0.5) is 0 Å². The zero-order chi connectivity index (χ0) is 10.9. The first-order chi connectivity index (χ1) is 7.12. The van der Waals surface area contributed by atoms with E-state index < -0.39 is 5.79 Å². The van der Waals surface area contributed by atoms with E-state index in [4.69, 9.17) is 23.1 Å². The van der Waals surface area contributed by atoms with Crippen molar-refractivity contribution >= 4 is 17.4 Å². The summed E-state index contributed by atoms with van der Waals surface area (Å²) in [5.41, 5.74) is 12.3. The molecule has 0 aromatic heterocycles. The number of hydrogen-bond donors (Lipinski definition) is 3. The van der Waals surface area contributed by atoms with Crippen molar-refractivity contribution in [2.45, 2.75) is 5.79 Å². The van der Waals surface area contributed by atoms with Crippen LogP contribution in [-0.2, 0) is 5.79 Å². The molecule has 0 radical (unpaired) electrons. The van der Waals surface area contributed by atoms with Crippen LogP contribution in [0.1, 0.15) is 5.56 Å². The lowest BCUT2D eigenvalue weighted by Gasteiger charge is -2.29. The van der Waals surface area contributed by atoms with Gasteiger partial charge in [-0.3, -0.25) is 5.73 Å². The number of hydrogen-bond acceptors (Lipinski definition) is 4. The van der Waals surface area contributed by atoms with Gasteiger partial charge in [0.05, 0.1) is 0 Å². The zero-order valence-corrected chi connectivity index (χ0v) is 8.70. The van der Waals surface area contributed by atoms with Crippen molar-refractivity contribution in [1.29, 1.82) is 0 Å². The number of amidine groups is 1. The molecule has 1 heterocycles. The van der Waals surface area contributed by atoms with Gasteiger partial charge in [0.1, 0.15) is 5.84 Å². The lowest BCUT2D eigenvalue weighted by molar-refractivity contribution is 0.410. The Hall–Kier alpha value is -1.52. The molecule has 1 aliphatic heterocycles. The van der Waals surface area contributed by atoms with Gasteiger partial charge in [-0.15, -0.1) is 0 Å². The normalized spacial score (nSPS) is 24.5. The van der Waals surface area contributed by atoms with E-state index in [9.17, 15) is 0 Å². The Morgan fingerprint density at radius 1 is 1.33 bits per heavy atom. The first-order valence-corrected chi connectivity index (χ1v) is 4.83. The van der Waals surface area contributed by atoms with Crippen molar-refractivity contribution in [3.05, 3.63) is 47.1 Å². The third kappa shape index (κ3) is 1.82. The third-order valence-electron chi connectivity index (χ3n) is 2.15. The van der Waals surface area contributed by atoms with Gasteiger partial charge < -0.3 is 11.1 Å². The van der Waals surface area contributed by atoms with Gasteiger partial charge in [0.25, 0.3) is 0 Å². The maximum atomic E-state index is 6.06. The fraction of sp³-hybridized carbons (Fsp3) is 0.100. The third-order valence-corrected chi connectivity index (χ3v) is 2.48. The Kier molecular flexibility index (Phi) is 2.38. The van der Waals surface area contributed by atoms with Crippen LogP contribution < -0.4 is 16.8 Å². The summed E-state index contributed by atoms with van der Waals surface area (Å²) in [4.78, 5) is 4.14. The maximum Gasteiger partial charge on any atom is 0.212 e. The molecule has 0 saturated carbocycles. The monoisotopic (exact) mass is 222 g/mol. The van der Waals surface area contributed by atoms with Crippen molar-refractivity contribution in [2.24, 2.45) is 16.5 Å². The molecule has 4 nitrogen and oxygen atoms in total. The standard InChI is InChI=1S/C10H11ClN4/c11-8-4-2-1-3-7(8)10(13)14-6-5-9(12)15-10/h1-6,14H,13H2,(H2,12,15). The van der Waals surface area contributed by atoms with Gasteiger partial charge in [-0.25, -0.2) is 4.99 Å². The number of nitrogens with zero attached hydrogens (tertiary/aromatic N) is 1. The number of aliphatic imine (C=N–C) groups is 1. The molecule has 0 aliphatic carbocycles. The summed E-state index contributed by atoms with van der Waals surface area (Å²) in [5.74, 6) is -0.701. The Morgan fingerprint density at radius 3 is 2.73 bits per heavy atom. The van der Waals surface area contributed by atoms with Crippen LogP contribution in [-0.4, -0.2) is 5.84 Å². The molecule has 2 rings (SSSR count). The summed E-state index contributed by atoms with van der Waals surface area (Å²) in [6, 6.07) is 7.25. The van der Waals surface area contributed by atoms with E-state index in [0.717, 1.165) is 0 Å². The second-order valence-corrected chi connectivity index (χ2v) is 3.67. The molecular weight excluding hydrogens is 212 g/mol. The lowest BCUT2D eigenvalue weighted by Crippen LogP contribution is -2.49. The SMILES string of the molecule is NC1=NC(N)(c2ccccc2Cl)NC=C1. The number of nitrogens with two attached hydrogens (primary N) is 2.